The highest BCUT2D eigenvalue weighted by atomic mass is 32.2. The van der Waals surface area contributed by atoms with E-state index >= 15 is 0 Å². The zero-order valence-corrected chi connectivity index (χ0v) is 19.2. The topological polar surface area (TPSA) is 127 Å². The highest BCUT2D eigenvalue weighted by Gasteiger charge is 2.36. The zero-order chi connectivity index (χ0) is 22.8. The van der Waals surface area contributed by atoms with E-state index in [0.717, 1.165) is 31.2 Å². The molecular weight excluding hydrogens is 432 g/mol. The molecule has 3 atom stereocenters. The van der Waals surface area contributed by atoms with Crippen molar-refractivity contribution in [1.29, 1.82) is 0 Å². The van der Waals surface area contributed by atoms with Gasteiger partial charge in [0.2, 0.25) is 10.0 Å². The summed E-state index contributed by atoms with van der Waals surface area (Å²) in [6, 6.07) is 6.18. The van der Waals surface area contributed by atoms with Gasteiger partial charge in [0.05, 0.1) is 35.9 Å². The summed E-state index contributed by atoms with van der Waals surface area (Å²) < 4.78 is 35.9. The molecule has 1 aliphatic heterocycles. The molecule has 32 heavy (non-hydrogen) atoms. The molecular formula is C22H32N4O5S. The van der Waals surface area contributed by atoms with Gasteiger partial charge in [-0.1, -0.05) is 35.8 Å². The molecule has 176 valence electrons. The number of nitrogens with one attached hydrogen (secondary N) is 1. The van der Waals surface area contributed by atoms with E-state index in [1.165, 1.54) is 0 Å². The van der Waals surface area contributed by atoms with Crippen molar-refractivity contribution in [2.45, 2.75) is 87.2 Å². The summed E-state index contributed by atoms with van der Waals surface area (Å²) in [6.07, 6.45) is 6.41. The summed E-state index contributed by atoms with van der Waals surface area (Å²) in [5.74, 6) is 0. The number of rotatable bonds is 8. The number of hydrogen-bond donors (Lipinski definition) is 3. The molecule has 2 fully saturated rings. The van der Waals surface area contributed by atoms with Crippen molar-refractivity contribution in [3.63, 3.8) is 0 Å². The van der Waals surface area contributed by atoms with Crippen LogP contribution in [0.2, 0.25) is 0 Å². The van der Waals surface area contributed by atoms with E-state index in [-0.39, 0.29) is 17.6 Å². The molecule has 2 aliphatic rings. The first-order valence-corrected chi connectivity index (χ1v) is 12.8. The number of benzene rings is 1. The fraction of sp³-hybridized carbons (Fsp3) is 0.636. The summed E-state index contributed by atoms with van der Waals surface area (Å²) in [4.78, 5) is 0.202. The summed E-state index contributed by atoms with van der Waals surface area (Å²) >= 11 is 0. The normalized spacial score (nSPS) is 25.8. The molecule has 1 saturated carbocycles. The van der Waals surface area contributed by atoms with Gasteiger partial charge in [0.1, 0.15) is 11.3 Å². The van der Waals surface area contributed by atoms with Crippen LogP contribution in [0.15, 0.2) is 35.4 Å². The number of sulfonamides is 1. The van der Waals surface area contributed by atoms with Gasteiger partial charge in [0.25, 0.3) is 0 Å². The summed E-state index contributed by atoms with van der Waals surface area (Å²) in [6.45, 7) is 2.21. The number of nitrogens with zero attached hydrogens (tertiary/aromatic N) is 3. The van der Waals surface area contributed by atoms with Gasteiger partial charge in [-0.25, -0.2) is 13.1 Å². The van der Waals surface area contributed by atoms with Crippen molar-refractivity contribution in [2.75, 3.05) is 6.61 Å². The lowest BCUT2D eigenvalue weighted by Crippen LogP contribution is -2.50. The van der Waals surface area contributed by atoms with Gasteiger partial charge in [0, 0.05) is 6.54 Å². The van der Waals surface area contributed by atoms with Crippen LogP contribution in [0, 0.1) is 6.92 Å². The highest BCUT2D eigenvalue weighted by Crippen LogP contribution is 2.37. The van der Waals surface area contributed by atoms with Crippen LogP contribution in [-0.2, 0) is 26.9 Å². The Morgan fingerprint density at radius 1 is 1.22 bits per heavy atom. The van der Waals surface area contributed by atoms with E-state index in [0.29, 0.717) is 31.5 Å². The first kappa shape index (κ1) is 23.3. The average molecular weight is 465 g/mol. The van der Waals surface area contributed by atoms with Gasteiger partial charge in [-0.15, -0.1) is 5.10 Å². The van der Waals surface area contributed by atoms with Crippen molar-refractivity contribution < 1.29 is 23.4 Å². The molecule has 2 heterocycles. The van der Waals surface area contributed by atoms with Crippen molar-refractivity contribution in [3.8, 4) is 0 Å². The second kappa shape index (κ2) is 9.56. The lowest BCUT2D eigenvalue weighted by molar-refractivity contribution is -0.0891. The number of aliphatic hydroxyl groups is 2. The lowest BCUT2D eigenvalue weighted by atomic mass is 9.98. The molecule has 3 N–H and O–H groups in total. The number of ether oxygens (including phenoxy) is 1. The summed E-state index contributed by atoms with van der Waals surface area (Å²) in [5, 5.41) is 28.8. The Bertz CT molecular complexity index is 1000. The molecule has 0 amide bonds. The predicted molar refractivity (Wildman–Crippen MR) is 117 cm³/mol. The van der Waals surface area contributed by atoms with Crippen LogP contribution < -0.4 is 4.72 Å². The van der Waals surface area contributed by atoms with E-state index in [1.54, 1.807) is 35.1 Å². The van der Waals surface area contributed by atoms with Gasteiger partial charge in [-0.3, -0.25) is 4.68 Å². The Kier molecular flexibility index (Phi) is 6.97. The minimum absolute atomic E-state index is 0.116. The smallest absolute Gasteiger partial charge is 0.240 e. The molecule has 1 aromatic heterocycles. The zero-order valence-electron chi connectivity index (χ0n) is 18.4. The molecule has 1 aromatic carbocycles. The van der Waals surface area contributed by atoms with E-state index in [2.05, 4.69) is 15.0 Å². The van der Waals surface area contributed by atoms with Crippen LogP contribution in [0.25, 0.3) is 0 Å². The number of aromatic nitrogens is 3. The second-order valence-corrected chi connectivity index (χ2v) is 10.7. The number of hydrogen-bond acceptors (Lipinski definition) is 7. The highest BCUT2D eigenvalue weighted by molar-refractivity contribution is 7.89. The van der Waals surface area contributed by atoms with E-state index in [4.69, 9.17) is 4.74 Å². The van der Waals surface area contributed by atoms with E-state index in [9.17, 15) is 18.6 Å². The first-order chi connectivity index (χ1) is 15.3. The van der Waals surface area contributed by atoms with Crippen LogP contribution in [0.5, 0.6) is 0 Å². The number of aryl methyl sites for hydroxylation is 2. The van der Waals surface area contributed by atoms with Gasteiger partial charge >= 0.3 is 0 Å². The van der Waals surface area contributed by atoms with Crippen LogP contribution in [0.3, 0.4) is 0 Å². The Hall–Kier alpha value is -1.85. The molecule has 10 heteroatoms. The fourth-order valence-corrected chi connectivity index (χ4v) is 5.88. The van der Waals surface area contributed by atoms with Gasteiger partial charge in [0.15, 0.2) is 0 Å². The van der Waals surface area contributed by atoms with Crippen LogP contribution in [0.1, 0.15) is 56.2 Å². The third kappa shape index (κ3) is 5.20. The molecule has 0 bridgehead atoms. The Morgan fingerprint density at radius 2 is 1.94 bits per heavy atom. The standard InChI is InChI=1S/C22H32N4O5S/c1-16-4-7-18(8-5-16)32(29,30)24-19-9-6-17(31-20(19)15-27)10-13-26-14-21(23-25-26)22(28)11-2-3-12-22/h4-5,7-8,14,17,19-20,24,27-28H,2-3,6,9-13,15H2,1H3/t17-,19+,20-/m1/s1. The Balaban J connectivity index is 1.32. The van der Waals surface area contributed by atoms with Gasteiger partial charge < -0.3 is 14.9 Å². The van der Waals surface area contributed by atoms with Crippen molar-refractivity contribution in [3.05, 3.63) is 41.7 Å². The van der Waals surface area contributed by atoms with Crippen LogP contribution >= 0.6 is 0 Å². The van der Waals surface area contributed by atoms with Crippen molar-refractivity contribution in [1.82, 2.24) is 19.7 Å². The van der Waals surface area contributed by atoms with Crippen LogP contribution in [-0.4, -0.2) is 58.5 Å². The van der Waals surface area contributed by atoms with Crippen molar-refractivity contribution in [2.24, 2.45) is 0 Å². The van der Waals surface area contributed by atoms with Gasteiger partial charge in [-0.2, -0.15) is 0 Å². The second-order valence-electron chi connectivity index (χ2n) is 8.99. The molecule has 1 aliphatic carbocycles. The SMILES string of the molecule is Cc1ccc(S(=O)(=O)N[C@H]2CC[C@H](CCn3cc(C4(O)CCCC4)nn3)O[C@@H]2CO)cc1. The third-order valence-electron chi connectivity index (χ3n) is 6.56. The minimum Gasteiger partial charge on any atom is -0.394 e. The van der Waals surface area contributed by atoms with Crippen molar-refractivity contribution >= 4 is 10.0 Å². The van der Waals surface area contributed by atoms with E-state index in [1.807, 2.05) is 6.92 Å². The molecule has 2 aromatic rings. The Labute approximate surface area is 188 Å². The Morgan fingerprint density at radius 3 is 2.62 bits per heavy atom. The molecule has 9 nitrogen and oxygen atoms in total. The molecule has 1 saturated heterocycles. The lowest BCUT2D eigenvalue weighted by Gasteiger charge is -2.36. The maximum atomic E-state index is 12.7. The van der Waals surface area contributed by atoms with E-state index < -0.39 is 27.8 Å². The molecule has 0 spiro atoms. The maximum Gasteiger partial charge on any atom is 0.240 e. The summed E-state index contributed by atoms with van der Waals surface area (Å²) in [5.41, 5.74) is 0.750. The number of aliphatic hydroxyl groups excluding tert-OH is 1. The molecule has 4 rings (SSSR count). The minimum atomic E-state index is -3.69. The maximum absolute atomic E-state index is 12.7. The molecule has 0 unspecified atom stereocenters. The quantitative estimate of drug-likeness (QED) is 0.542. The summed E-state index contributed by atoms with van der Waals surface area (Å²) in [7, 11) is -3.69. The average Bonchev–Trinajstić information content (AvgIpc) is 3.43. The fourth-order valence-electron chi connectivity index (χ4n) is 4.58. The monoisotopic (exact) mass is 464 g/mol. The van der Waals surface area contributed by atoms with Gasteiger partial charge in [-0.05, 0) is 51.2 Å². The first-order valence-electron chi connectivity index (χ1n) is 11.3. The van der Waals surface area contributed by atoms with Crippen LogP contribution in [0.4, 0.5) is 0 Å². The molecule has 0 radical (unpaired) electrons. The predicted octanol–water partition coefficient (Wildman–Crippen LogP) is 1.63. The third-order valence-corrected chi connectivity index (χ3v) is 8.07. The largest absolute Gasteiger partial charge is 0.394 e.